The first-order valence-corrected chi connectivity index (χ1v) is 3.62. The molecule has 1 rings (SSSR count). The van der Waals surface area contributed by atoms with E-state index in [4.69, 9.17) is 11.6 Å². The minimum absolute atomic E-state index is 0.122. The second kappa shape index (κ2) is 3.91. The molecule has 0 radical (unpaired) electrons. The van der Waals surface area contributed by atoms with Gasteiger partial charge in [0.25, 0.3) is 0 Å². The Labute approximate surface area is 73.3 Å². The summed E-state index contributed by atoms with van der Waals surface area (Å²) in [5, 5.41) is 8.42. The highest BCUT2D eigenvalue weighted by Crippen LogP contribution is 2.03. The zero-order chi connectivity index (χ0) is 8.97. The summed E-state index contributed by atoms with van der Waals surface area (Å²) in [4.78, 5) is 14.4. The fraction of sp³-hybridized carbons (Fsp3) is 0.400. The van der Waals surface area contributed by atoms with Crippen molar-refractivity contribution in [1.29, 1.82) is 0 Å². The third kappa shape index (κ3) is 2.09. The van der Waals surface area contributed by atoms with Gasteiger partial charge < -0.3 is 4.74 Å². The zero-order valence-corrected chi connectivity index (χ0v) is 7.05. The lowest BCUT2D eigenvalue weighted by atomic mass is 10.7. The molecule has 7 heteroatoms. The summed E-state index contributed by atoms with van der Waals surface area (Å²) in [5.74, 6) is -0.254. The Hall–Kier alpha value is -1.30. The number of hydrogen-bond donors (Lipinski definition) is 2. The molecule has 0 aliphatic carbocycles. The fourth-order valence-electron chi connectivity index (χ4n) is 0.559. The number of carbonyl (C=O) groups is 1. The lowest BCUT2D eigenvalue weighted by molar-refractivity contribution is -0.114. The Kier molecular flexibility index (Phi) is 2.87. The minimum Gasteiger partial charge on any atom is -0.466 e. The van der Waals surface area contributed by atoms with E-state index < -0.39 is 0 Å². The first-order chi connectivity index (χ1) is 5.76. The lowest BCUT2D eigenvalue weighted by Crippen LogP contribution is -2.13. The van der Waals surface area contributed by atoms with Crippen molar-refractivity contribution in [2.75, 3.05) is 18.3 Å². The predicted molar refractivity (Wildman–Crippen MR) is 42.3 cm³/mol. The second-order valence-corrected chi connectivity index (χ2v) is 2.12. The summed E-state index contributed by atoms with van der Waals surface area (Å²) in [6, 6.07) is 0.167. The van der Waals surface area contributed by atoms with Gasteiger partial charge in [-0.2, -0.15) is 4.98 Å². The van der Waals surface area contributed by atoms with Gasteiger partial charge in [0.1, 0.15) is 5.88 Å². The Balaban J connectivity index is 2.58. The monoisotopic (exact) mass is 190 g/mol. The van der Waals surface area contributed by atoms with Gasteiger partial charge in [0.15, 0.2) is 0 Å². The van der Waals surface area contributed by atoms with Crippen molar-refractivity contribution < 1.29 is 9.53 Å². The summed E-state index contributed by atoms with van der Waals surface area (Å²) in [6.07, 6.45) is 0. The summed E-state index contributed by atoms with van der Waals surface area (Å²) in [5.41, 5.74) is 0. The molecule has 0 aliphatic rings. The minimum atomic E-state index is -0.351. The number of rotatable bonds is 3. The summed E-state index contributed by atoms with van der Waals surface area (Å²) in [7, 11) is 1.43. The number of halogens is 1. The Morgan fingerprint density at radius 2 is 2.58 bits per heavy atom. The van der Waals surface area contributed by atoms with E-state index in [2.05, 4.69) is 25.2 Å². The maximum Gasteiger partial charge on any atom is 0.336 e. The van der Waals surface area contributed by atoms with E-state index in [-0.39, 0.29) is 23.7 Å². The van der Waals surface area contributed by atoms with Crippen molar-refractivity contribution in [3.8, 4) is 6.01 Å². The molecule has 6 nitrogen and oxygen atoms in total. The van der Waals surface area contributed by atoms with Crippen molar-refractivity contribution in [2.24, 2.45) is 0 Å². The van der Waals surface area contributed by atoms with E-state index in [9.17, 15) is 4.79 Å². The number of nitrogens with one attached hydrogen (secondary N) is 2. The van der Waals surface area contributed by atoms with Gasteiger partial charge >= 0.3 is 6.01 Å². The van der Waals surface area contributed by atoms with Gasteiger partial charge in [-0.25, -0.2) is 5.10 Å². The highest BCUT2D eigenvalue weighted by Gasteiger charge is 2.04. The number of anilines is 1. The van der Waals surface area contributed by atoms with Crippen molar-refractivity contribution >= 4 is 23.5 Å². The first-order valence-electron chi connectivity index (χ1n) is 3.08. The number of carbonyl (C=O) groups excluding carboxylic acids is 1. The van der Waals surface area contributed by atoms with Crippen LogP contribution in [0, 0.1) is 0 Å². The van der Waals surface area contributed by atoms with E-state index in [1.807, 2.05) is 0 Å². The highest BCUT2D eigenvalue weighted by molar-refractivity contribution is 6.28. The fourth-order valence-corrected chi connectivity index (χ4v) is 0.626. The summed E-state index contributed by atoms with van der Waals surface area (Å²) < 4.78 is 4.67. The van der Waals surface area contributed by atoms with Gasteiger partial charge in [0, 0.05) is 0 Å². The quantitative estimate of drug-likeness (QED) is 0.657. The van der Waals surface area contributed by atoms with E-state index in [1.165, 1.54) is 7.11 Å². The van der Waals surface area contributed by atoms with Gasteiger partial charge in [-0.1, -0.05) is 0 Å². The summed E-state index contributed by atoms with van der Waals surface area (Å²) in [6.45, 7) is 0. The van der Waals surface area contributed by atoms with Crippen molar-refractivity contribution in [3.63, 3.8) is 0 Å². The second-order valence-electron chi connectivity index (χ2n) is 1.85. The molecule has 0 aliphatic heterocycles. The van der Waals surface area contributed by atoms with Crippen LogP contribution in [0.1, 0.15) is 0 Å². The molecule has 12 heavy (non-hydrogen) atoms. The lowest BCUT2D eigenvalue weighted by Gasteiger charge is -1.93. The molecule has 1 amide bonds. The van der Waals surface area contributed by atoms with Crippen LogP contribution >= 0.6 is 11.6 Å². The van der Waals surface area contributed by atoms with E-state index >= 15 is 0 Å². The molecular formula is C5H7ClN4O2. The van der Waals surface area contributed by atoms with Gasteiger partial charge in [0.05, 0.1) is 7.11 Å². The number of amides is 1. The Bertz CT molecular complexity index is 274. The number of ether oxygens (including phenoxy) is 1. The molecule has 66 valence electrons. The molecule has 0 aromatic carbocycles. The SMILES string of the molecule is COc1n[nH]c(NC(=O)CCl)n1. The maximum absolute atomic E-state index is 10.7. The molecule has 1 heterocycles. The van der Waals surface area contributed by atoms with Crippen LogP contribution in [0.4, 0.5) is 5.95 Å². The molecule has 1 aromatic heterocycles. The third-order valence-electron chi connectivity index (χ3n) is 1.03. The number of aromatic amines is 1. The molecule has 1 aromatic rings. The van der Waals surface area contributed by atoms with Crippen LogP contribution in [0.3, 0.4) is 0 Å². The number of alkyl halides is 1. The van der Waals surface area contributed by atoms with E-state index in [1.54, 1.807) is 0 Å². The maximum atomic E-state index is 10.7. The van der Waals surface area contributed by atoms with Gasteiger partial charge in [-0.15, -0.1) is 16.7 Å². The third-order valence-corrected chi connectivity index (χ3v) is 1.27. The molecule has 0 saturated carbocycles. The van der Waals surface area contributed by atoms with E-state index in [0.29, 0.717) is 0 Å². The number of nitrogens with zero attached hydrogens (tertiary/aromatic N) is 2. The molecule has 0 fully saturated rings. The molecule has 0 unspecified atom stereocenters. The molecule has 0 spiro atoms. The topological polar surface area (TPSA) is 79.9 Å². The molecule has 2 N–H and O–H groups in total. The van der Waals surface area contributed by atoms with Crippen LogP contribution in [-0.2, 0) is 4.79 Å². The van der Waals surface area contributed by atoms with Crippen molar-refractivity contribution in [1.82, 2.24) is 15.2 Å². The number of hydrogen-bond acceptors (Lipinski definition) is 4. The largest absolute Gasteiger partial charge is 0.466 e. The van der Waals surface area contributed by atoms with Crippen LogP contribution in [0.5, 0.6) is 6.01 Å². The number of methoxy groups -OCH3 is 1. The number of aromatic nitrogens is 3. The Morgan fingerprint density at radius 1 is 1.83 bits per heavy atom. The summed E-state index contributed by atoms with van der Waals surface area (Å²) >= 11 is 5.24. The molecule has 0 atom stereocenters. The zero-order valence-electron chi connectivity index (χ0n) is 6.30. The van der Waals surface area contributed by atoms with Gasteiger partial charge in [-0.3, -0.25) is 10.1 Å². The van der Waals surface area contributed by atoms with Crippen LogP contribution in [-0.4, -0.2) is 34.1 Å². The van der Waals surface area contributed by atoms with Crippen molar-refractivity contribution in [2.45, 2.75) is 0 Å². The average Bonchev–Trinajstić information content (AvgIpc) is 2.52. The van der Waals surface area contributed by atoms with Crippen LogP contribution in [0.25, 0.3) is 0 Å². The van der Waals surface area contributed by atoms with Crippen LogP contribution in [0.15, 0.2) is 0 Å². The Morgan fingerprint density at radius 3 is 3.08 bits per heavy atom. The van der Waals surface area contributed by atoms with Crippen LogP contribution < -0.4 is 10.1 Å². The molecular weight excluding hydrogens is 184 g/mol. The molecule has 0 bridgehead atoms. The standard InChI is InChI=1S/C5H7ClN4O2/c1-12-5-8-4(9-10-5)7-3(11)2-6/h2H2,1H3,(H2,7,8,9,10,11). The highest BCUT2D eigenvalue weighted by atomic mass is 35.5. The van der Waals surface area contributed by atoms with Crippen molar-refractivity contribution in [3.05, 3.63) is 0 Å². The van der Waals surface area contributed by atoms with Gasteiger partial charge in [-0.05, 0) is 0 Å². The van der Waals surface area contributed by atoms with Crippen LogP contribution in [0.2, 0.25) is 0 Å². The smallest absolute Gasteiger partial charge is 0.336 e. The van der Waals surface area contributed by atoms with E-state index in [0.717, 1.165) is 0 Å². The number of H-pyrrole nitrogens is 1. The molecule has 0 saturated heterocycles. The average molecular weight is 191 g/mol. The van der Waals surface area contributed by atoms with Gasteiger partial charge in [0.2, 0.25) is 11.9 Å². The normalized spacial score (nSPS) is 9.50. The first kappa shape index (κ1) is 8.79. The predicted octanol–water partition coefficient (Wildman–Crippen LogP) is -0.00940.